The van der Waals surface area contributed by atoms with Crippen molar-refractivity contribution in [1.29, 1.82) is 0 Å². The third-order valence-corrected chi connectivity index (χ3v) is 3.98. The zero-order valence-electron chi connectivity index (χ0n) is 14.5. The smallest absolute Gasteiger partial charge is 0.270 e. The van der Waals surface area contributed by atoms with Crippen LogP contribution in [0.15, 0.2) is 59.0 Å². The van der Waals surface area contributed by atoms with Gasteiger partial charge < -0.3 is 15.1 Å². The summed E-state index contributed by atoms with van der Waals surface area (Å²) in [5.41, 5.74) is 0.653. The third-order valence-electron chi connectivity index (χ3n) is 3.98. The zero-order chi connectivity index (χ0) is 19.4. The Labute approximate surface area is 154 Å². The lowest BCUT2D eigenvalue weighted by Gasteiger charge is -2.12. The summed E-state index contributed by atoms with van der Waals surface area (Å²) in [7, 11) is 0. The number of rotatable bonds is 6. The van der Waals surface area contributed by atoms with Gasteiger partial charge in [0.1, 0.15) is 11.3 Å². The van der Waals surface area contributed by atoms with Crippen LogP contribution < -0.4 is 10.6 Å². The molecule has 0 spiro atoms. The van der Waals surface area contributed by atoms with Gasteiger partial charge in [-0.1, -0.05) is 24.3 Å². The lowest BCUT2D eigenvalue weighted by atomic mass is 10.2. The van der Waals surface area contributed by atoms with Gasteiger partial charge in [0, 0.05) is 23.1 Å². The molecule has 138 valence electrons. The van der Waals surface area contributed by atoms with E-state index >= 15 is 0 Å². The number of amides is 2. The fraction of sp³-hybridized carbons (Fsp3) is 0.158. The van der Waals surface area contributed by atoms with E-state index < -0.39 is 16.7 Å². The Morgan fingerprint density at radius 2 is 1.93 bits per heavy atom. The zero-order valence-corrected chi connectivity index (χ0v) is 14.5. The molecule has 8 heteroatoms. The van der Waals surface area contributed by atoms with Crippen LogP contribution in [0.4, 0.5) is 5.69 Å². The largest absolute Gasteiger partial charge is 0.459 e. The Balaban J connectivity index is 1.56. The van der Waals surface area contributed by atoms with Crippen LogP contribution in [0.1, 0.15) is 29.1 Å². The molecule has 0 saturated heterocycles. The fourth-order valence-electron chi connectivity index (χ4n) is 2.60. The second kappa shape index (κ2) is 7.69. The molecule has 27 heavy (non-hydrogen) atoms. The number of nitro benzene ring substituents is 1. The van der Waals surface area contributed by atoms with Gasteiger partial charge in [-0.05, 0) is 25.1 Å². The third kappa shape index (κ3) is 4.30. The summed E-state index contributed by atoms with van der Waals surface area (Å²) in [5, 5.41) is 16.9. The van der Waals surface area contributed by atoms with Crippen molar-refractivity contribution in [3.8, 4) is 0 Å². The van der Waals surface area contributed by atoms with E-state index in [4.69, 9.17) is 4.42 Å². The molecule has 0 radical (unpaired) electrons. The van der Waals surface area contributed by atoms with E-state index in [1.165, 1.54) is 18.2 Å². The van der Waals surface area contributed by atoms with E-state index in [-0.39, 0.29) is 23.8 Å². The van der Waals surface area contributed by atoms with Gasteiger partial charge in [0.15, 0.2) is 0 Å². The van der Waals surface area contributed by atoms with Crippen LogP contribution in [0.5, 0.6) is 0 Å². The van der Waals surface area contributed by atoms with Crippen molar-refractivity contribution >= 4 is 28.5 Å². The Hall–Kier alpha value is -3.68. The molecule has 0 bridgehead atoms. The predicted molar refractivity (Wildman–Crippen MR) is 98.2 cm³/mol. The number of hydrogen-bond donors (Lipinski definition) is 2. The molecule has 3 rings (SSSR count). The number of nitrogens with one attached hydrogen (secondary N) is 2. The van der Waals surface area contributed by atoms with Crippen molar-refractivity contribution in [2.75, 3.05) is 6.54 Å². The van der Waals surface area contributed by atoms with Gasteiger partial charge >= 0.3 is 0 Å². The maximum absolute atomic E-state index is 12.1. The predicted octanol–water partition coefficient (Wildman–Crippen LogP) is 2.95. The van der Waals surface area contributed by atoms with Crippen molar-refractivity contribution in [1.82, 2.24) is 10.6 Å². The number of nitrogens with zero attached hydrogens (tertiary/aromatic N) is 1. The fourth-order valence-corrected chi connectivity index (χ4v) is 2.60. The number of non-ortho nitro benzene ring substituents is 1. The first-order valence-electron chi connectivity index (χ1n) is 8.24. The minimum absolute atomic E-state index is 0.113. The standard InChI is InChI=1S/C19H17N3O5/c1-12(17-10-13-5-2-3-8-16(13)27-17)21-18(23)11-20-19(24)14-6-4-7-15(9-14)22(25)26/h2-10,12H,11H2,1H3,(H,20,24)(H,21,23). The normalized spacial score (nSPS) is 11.7. The van der Waals surface area contributed by atoms with Crippen LogP contribution in [-0.4, -0.2) is 23.3 Å². The monoisotopic (exact) mass is 367 g/mol. The molecule has 0 aliphatic heterocycles. The Morgan fingerprint density at radius 3 is 2.67 bits per heavy atom. The molecule has 3 aromatic rings. The first-order chi connectivity index (χ1) is 12.9. The Bertz CT molecular complexity index is 978. The van der Waals surface area contributed by atoms with Gasteiger partial charge in [0.25, 0.3) is 11.6 Å². The number of furan rings is 1. The summed E-state index contributed by atoms with van der Waals surface area (Å²) in [6.07, 6.45) is 0. The van der Waals surface area contributed by atoms with E-state index in [0.29, 0.717) is 5.76 Å². The molecule has 1 unspecified atom stereocenters. The lowest BCUT2D eigenvalue weighted by molar-refractivity contribution is -0.384. The first kappa shape index (κ1) is 18.1. The van der Waals surface area contributed by atoms with Gasteiger partial charge in [0.05, 0.1) is 17.5 Å². The maximum atomic E-state index is 12.1. The van der Waals surface area contributed by atoms with Crippen molar-refractivity contribution in [2.45, 2.75) is 13.0 Å². The van der Waals surface area contributed by atoms with Gasteiger partial charge in [0.2, 0.25) is 5.91 Å². The molecular formula is C19H17N3O5. The number of nitro groups is 1. The molecule has 0 fully saturated rings. The molecule has 2 N–H and O–H groups in total. The SMILES string of the molecule is CC(NC(=O)CNC(=O)c1cccc([N+](=O)[O-])c1)c1cc2ccccc2o1. The summed E-state index contributed by atoms with van der Waals surface area (Å²) in [6.45, 7) is 1.52. The Kier molecular flexibility index (Phi) is 5.16. The molecule has 2 amide bonds. The van der Waals surface area contributed by atoms with Crippen LogP contribution in [0.2, 0.25) is 0 Å². The van der Waals surface area contributed by atoms with Crippen LogP contribution in [-0.2, 0) is 4.79 Å². The molecule has 2 aromatic carbocycles. The minimum Gasteiger partial charge on any atom is -0.459 e. The van der Waals surface area contributed by atoms with E-state index in [2.05, 4.69) is 10.6 Å². The number of carbonyl (C=O) groups is 2. The van der Waals surface area contributed by atoms with Gasteiger partial charge in [-0.2, -0.15) is 0 Å². The van der Waals surface area contributed by atoms with Gasteiger partial charge in [-0.25, -0.2) is 0 Å². The number of carbonyl (C=O) groups excluding carboxylic acids is 2. The van der Waals surface area contributed by atoms with Crippen LogP contribution in [0.25, 0.3) is 11.0 Å². The second-order valence-corrected chi connectivity index (χ2v) is 5.97. The van der Waals surface area contributed by atoms with Crippen LogP contribution in [0.3, 0.4) is 0 Å². The highest BCUT2D eigenvalue weighted by atomic mass is 16.6. The number of fused-ring (bicyclic) bond motifs is 1. The quantitative estimate of drug-likeness (QED) is 0.513. The molecule has 0 saturated carbocycles. The van der Waals surface area contributed by atoms with E-state index in [9.17, 15) is 19.7 Å². The summed E-state index contributed by atoms with van der Waals surface area (Å²) in [4.78, 5) is 34.3. The second-order valence-electron chi connectivity index (χ2n) is 5.97. The van der Waals surface area contributed by atoms with E-state index in [0.717, 1.165) is 17.0 Å². The van der Waals surface area contributed by atoms with Gasteiger partial charge in [-0.15, -0.1) is 0 Å². The highest BCUT2D eigenvalue weighted by molar-refractivity contribution is 5.97. The molecule has 1 aromatic heterocycles. The average molecular weight is 367 g/mol. The summed E-state index contributed by atoms with van der Waals surface area (Å²) < 4.78 is 5.70. The van der Waals surface area contributed by atoms with Crippen molar-refractivity contribution < 1.29 is 18.9 Å². The molecule has 8 nitrogen and oxygen atoms in total. The van der Waals surface area contributed by atoms with E-state index in [1.807, 2.05) is 30.3 Å². The van der Waals surface area contributed by atoms with Crippen molar-refractivity contribution in [3.05, 3.63) is 76.0 Å². The highest BCUT2D eigenvalue weighted by Crippen LogP contribution is 2.23. The lowest BCUT2D eigenvalue weighted by Crippen LogP contribution is -2.37. The molecule has 1 heterocycles. The molecule has 1 atom stereocenters. The van der Waals surface area contributed by atoms with Crippen LogP contribution >= 0.6 is 0 Å². The summed E-state index contributed by atoms with van der Waals surface area (Å²) in [6, 6.07) is 14.3. The number of benzene rings is 2. The Morgan fingerprint density at radius 1 is 1.15 bits per heavy atom. The van der Waals surface area contributed by atoms with E-state index in [1.54, 1.807) is 6.92 Å². The number of para-hydroxylation sites is 1. The van der Waals surface area contributed by atoms with Gasteiger partial charge in [-0.3, -0.25) is 19.7 Å². The first-order valence-corrected chi connectivity index (χ1v) is 8.24. The average Bonchev–Trinajstić information content (AvgIpc) is 3.10. The molecule has 0 aliphatic carbocycles. The highest BCUT2D eigenvalue weighted by Gasteiger charge is 2.16. The maximum Gasteiger partial charge on any atom is 0.270 e. The summed E-state index contributed by atoms with van der Waals surface area (Å²) in [5.74, 6) is -0.360. The van der Waals surface area contributed by atoms with Crippen molar-refractivity contribution in [3.63, 3.8) is 0 Å². The molecule has 0 aliphatic rings. The topological polar surface area (TPSA) is 114 Å². The summed E-state index contributed by atoms with van der Waals surface area (Å²) >= 11 is 0. The molecular weight excluding hydrogens is 350 g/mol. The number of hydrogen-bond acceptors (Lipinski definition) is 5. The van der Waals surface area contributed by atoms with Crippen LogP contribution in [0, 0.1) is 10.1 Å². The van der Waals surface area contributed by atoms with Crippen molar-refractivity contribution in [2.24, 2.45) is 0 Å². The minimum atomic E-state index is -0.585.